The van der Waals surface area contributed by atoms with Gasteiger partial charge in [-0.15, -0.1) is 11.3 Å². The zero-order valence-electron chi connectivity index (χ0n) is 13.6. The molecule has 0 atom stereocenters. The molecule has 0 spiro atoms. The molecule has 5 nitrogen and oxygen atoms in total. The summed E-state index contributed by atoms with van der Waals surface area (Å²) in [6, 6.07) is 14.0. The highest BCUT2D eigenvalue weighted by Gasteiger charge is 2.17. The summed E-state index contributed by atoms with van der Waals surface area (Å²) in [4.78, 5) is 0.618. The number of nitriles is 1. The summed E-state index contributed by atoms with van der Waals surface area (Å²) in [6.07, 6.45) is 1.16. The van der Waals surface area contributed by atoms with Gasteiger partial charge in [0.25, 0.3) is 0 Å². The van der Waals surface area contributed by atoms with Crippen molar-refractivity contribution in [2.45, 2.75) is 11.8 Å². The number of ether oxygens (including phenoxy) is 2. The van der Waals surface area contributed by atoms with Crippen molar-refractivity contribution in [2.75, 3.05) is 12.9 Å². The van der Waals surface area contributed by atoms with Gasteiger partial charge in [-0.1, -0.05) is 0 Å². The van der Waals surface area contributed by atoms with Gasteiger partial charge in [0.15, 0.2) is 15.6 Å². The van der Waals surface area contributed by atoms with E-state index in [1.165, 1.54) is 17.4 Å². The van der Waals surface area contributed by atoms with Crippen molar-refractivity contribution in [1.82, 2.24) is 0 Å². The van der Waals surface area contributed by atoms with E-state index in [9.17, 15) is 13.7 Å². The van der Waals surface area contributed by atoms with Crippen LogP contribution in [-0.4, -0.2) is 21.3 Å². The Labute approximate surface area is 150 Å². The molecule has 0 aliphatic rings. The summed E-state index contributed by atoms with van der Waals surface area (Å²) >= 11 is 1.21. The molecule has 0 amide bonds. The van der Waals surface area contributed by atoms with Crippen molar-refractivity contribution in [3.8, 4) is 23.3 Å². The van der Waals surface area contributed by atoms with Crippen LogP contribution in [0.15, 0.2) is 47.4 Å². The van der Waals surface area contributed by atoms with E-state index in [-0.39, 0.29) is 4.90 Å². The highest BCUT2D eigenvalue weighted by Crippen LogP contribution is 2.40. The Morgan fingerprint density at radius 1 is 1.12 bits per heavy atom. The van der Waals surface area contributed by atoms with Crippen LogP contribution in [0, 0.1) is 11.3 Å². The van der Waals surface area contributed by atoms with Crippen molar-refractivity contribution in [1.29, 1.82) is 5.26 Å². The van der Waals surface area contributed by atoms with Crippen LogP contribution in [0.1, 0.15) is 11.8 Å². The number of hydrogen-bond donors (Lipinski definition) is 0. The lowest BCUT2D eigenvalue weighted by molar-refractivity contribution is 0.339. The molecule has 7 heteroatoms. The third-order valence-electron chi connectivity index (χ3n) is 3.50. The van der Waals surface area contributed by atoms with E-state index >= 15 is 0 Å². The van der Waals surface area contributed by atoms with E-state index < -0.39 is 9.84 Å². The van der Waals surface area contributed by atoms with Gasteiger partial charge in [0.1, 0.15) is 22.4 Å². The first-order chi connectivity index (χ1) is 11.9. The maximum atomic E-state index is 11.7. The molecular formula is C18H15NO4S2. The summed E-state index contributed by atoms with van der Waals surface area (Å²) < 4.78 is 35.4. The zero-order valence-corrected chi connectivity index (χ0v) is 15.3. The van der Waals surface area contributed by atoms with Gasteiger partial charge >= 0.3 is 0 Å². The predicted octanol–water partition coefficient (Wildman–Crippen LogP) is 4.37. The van der Waals surface area contributed by atoms with Crippen molar-refractivity contribution >= 4 is 31.3 Å². The molecule has 0 saturated carbocycles. The van der Waals surface area contributed by atoms with Gasteiger partial charge in [-0.2, -0.15) is 5.26 Å². The van der Waals surface area contributed by atoms with Gasteiger partial charge in [0.2, 0.25) is 0 Å². The molecular weight excluding hydrogens is 358 g/mol. The number of benzene rings is 2. The monoisotopic (exact) mass is 373 g/mol. The maximum absolute atomic E-state index is 11.7. The van der Waals surface area contributed by atoms with E-state index in [2.05, 4.69) is 6.07 Å². The number of hydrogen-bond acceptors (Lipinski definition) is 6. The fourth-order valence-electron chi connectivity index (χ4n) is 2.35. The molecule has 0 saturated heterocycles. The molecule has 0 bridgehead atoms. The molecule has 1 heterocycles. The number of rotatable bonds is 5. The van der Waals surface area contributed by atoms with Gasteiger partial charge in [-0.25, -0.2) is 8.42 Å². The second kappa shape index (κ2) is 6.75. The summed E-state index contributed by atoms with van der Waals surface area (Å²) in [5.74, 6) is 1.75. The minimum Gasteiger partial charge on any atom is -0.494 e. The lowest BCUT2D eigenvalue weighted by Gasteiger charge is -2.07. The zero-order chi connectivity index (χ0) is 18.0. The van der Waals surface area contributed by atoms with E-state index in [1.807, 2.05) is 6.92 Å². The molecule has 128 valence electrons. The normalized spacial score (nSPS) is 11.2. The van der Waals surface area contributed by atoms with Gasteiger partial charge in [-0.3, -0.25) is 0 Å². The molecule has 3 aromatic rings. The van der Waals surface area contributed by atoms with Gasteiger partial charge in [0, 0.05) is 16.3 Å². The van der Waals surface area contributed by atoms with Gasteiger partial charge < -0.3 is 9.47 Å². The third kappa shape index (κ3) is 3.60. The van der Waals surface area contributed by atoms with Crippen LogP contribution in [0.4, 0.5) is 0 Å². The number of thiophene rings is 1. The van der Waals surface area contributed by atoms with Crippen LogP contribution in [0.5, 0.6) is 17.2 Å². The van der Waals surface area contributed by atoms with Gasteiger partial charge in [-0.05, 0) is 49.4 Å². The van der Waals surface area contributed by atoms with Crippen LogP contribution in [0.2, 0.25) is 0 Å². The quantitative estimate of drug-likeness (QED) is 0.664. The highest BCUT2D eigenvalue weighted by atomic mass is 32.2. The molecule has 0 fully saturated rings. The Balaban J connectivity index is 2.02. The number of sulfone groups is 1. The van der Waals surface area contributed by atoms with Crippen molar-refractivity contribution < 1.29 is 17.9 Å². The average molecular weight is 373 g/mol. The van der Waals surface area contributed by atoms with Crippen molar-refractivity contribution in [2.24, 2.45) is 0 Å². The molecule has 2 aromatic carbocycles. The predicted molar refractivity (Wildman–Crippen MR) is 97.3 cm³/mol. The van der Waals surface area contributed by atoms with Crippen molar-refractivity contribution in [3.63, 3.8) is 0 Å². The van der Waals surface area contributed by atoms with E-state index in [0.717, 1.165) is 12.0 Å². The largest absolute Gasteiger partial charge is 0.494 e. The van der Waals surface area contributed by atoms with Gasteiger partial charge in [0.05, 0.1) is 11.5 Å². The first-order valence-electron chi connectivity index (χ1n) is 7.50. The summed E-state index contributed by atoms with van der Waals surface area (Å²) in [6.45, 7) is 2.49. The third-order valence-corrected chi connectivity index (χ3v) is 5.65. The summed E-state index contributed by atoms with van der Waals surface area (Å²) in [7, 11) is -3.30. The Morgan fingerprint density at radius 3 is 2.40 bits per heavy atom. The van der Waals surface area contributed by atoms with Crippen molar-refractivity contribution in [3.05, 3.63) is 47.3 Å². The Kier molecular flexibility index (Phi) is 4.66. The molecule has 1 aromatic heterocycles. The first kappa shape index (κ1) is 17.3. The molecule has 0 aliphatic heterocycles. The smallest absolute Gasteiger partial charge is 0.175 e. The Morgan fingerprint density at radius 2 is 1.80 bits per heavy atom. The highest BCUT2D eigenvalue weighted by molar-refractivity contribution is 7.90. The van der Waals surface area contributed by atoms with Crippen LogP contribution in [-0.2, 0) is 9.84 Å². The van der Waals surface area contributed by atoms with Crippen LogP contribution in [0.3, 0.4) is 0 Å². The molecule has 0 aliphatic carbocycles. The maximum Gasteiger partial charge on any atom is 0.175 e. The molecule has 3 rings (SSSR count). The molecule has 25 heavy (non-hydrogen) atoms. The van der Waals surface area contributed by atoms with Crippen LogP contribution < -0.4 is 9.47 Å². The molecule has 0 radical (unpaired) electrons. The average Bonchev–Trinajstić information content (AvgIpc) is 2.93. The Bertz CT molecular complexity index is 1060. The molecule has 0 unspecified atom stereocenters. The molecule has 0 N–H and O–H groups in total. The number of nitrogens with zero attached hydrogens (tertiary/aromatic N) is 1. The van der Waals surface area contributed by atoms with E-state index in [0.29, 0.717) is 33.1 Å². The first-order valence-corrected chi connectivity index (χ1v) is 10.2. The summed E-state index contributed by atoms with van der Waals surface area (Å²) in [5.41, 5.74) is 0. The minimum atomic E-state index is -3.30. The van der Waals surface area contributed by atoms with E-state index in [1.54, 1.807) is 36.4 Å². The topological polar surface area (TPSA) is 76.4 Å². The fourth-order valence-corrected chi connectivity index (χ4v) is 4.04. The fraction of sp³-hybridized carbons (Fsp3) is 0.167. The SMILES string of the molecule is CCOc1ccc(Oc2c(C#N)sc3cc(S(C)(=O)=O)ccc23)cc1. The number of fused-ring (bicyclic) bond motifs is 1. The summed E-state index contributed by atoms with van der Waals surface area (Å²) in [5, 5.41) is 10.1. The van der Waals surface area contributed by atoms with E-state index in [4.69, 9.17) is 9.47 Å². The van der Waals surface area contributed by atoms with Crippen LogP contribution in [0.25, 0.3) is 10.1 Å². The van der Waals surface area contributed by atoms with Crippen LogP contribution >= 0.6 is 11.3 Å². The lowest BCUT2D eigenvalue weighted by atomic mass is 10.2. The standard InChI is InChI=1S/C18H15NO4S2/c1-3-22-12-4-6-13(7-5-12)23-18-15-9-8-14(25(2,20)21)10-16(15)24-17(18)11-19/h4-10H,3H2,1-2H3. The second-order valence-electron chi connectivity index (χ2n) is 5.31. The second-order valence-corrected chi connectivity index (χ2v) is 8.38. The lowest BCUT2D eigenvalue weighted by Crippen LogP contribution is -1.95. The minimum absolute atomic E-state index is 0.221. The Hall–Kier alpha value is -2.56.